The highest BCUT2D eigenvalue weighted by atomic mass is 79.9. The number of anilines is 1. The van der Waals surface area contributed by atoms with Crippen LogP contribution in [0.15, 0.2) is 53.0 Å². The van der Waals surface area contributed by atoms with Gasteiger partial charge in [-0.3, -0.25) is 24.6 Å². The molecule has 1 N–H and O–H groups in total. The lowest BCUT2D eigenvalue weighted by atomic mass is 10.2. The number of halogens is 1. The Labute approximate surface area is 188 Å². The number of carbonyl (C=O) groups excluding carboxylic acids is 4. The maximum atomic E-state index is 13.1. The standard InChI is InChI=1S/C22H22BrN3O5/c1-3-19(27)26(24-21(29)16-7-5-6-8-17(16)23)18-13-20(28)25(22(18)30)14-9-11-15(12-10-14)31-4-2/h5-12,18H,3-4,13H2,1-2H3,(H,24,29). The van der Waals surface area contributed by atoms with E-state index >= 15 is 0 Å². The van der Waals surface area contributed by atoms with Crippen LogP contribution in [0.4, 0.5) is 5.69 Å². The molecule has 0 aliphatic carbocycles. The topological polar surface area (TPSA) is 96.0 Å². The predicted octanol–water partition coefficient (Wildman–Crippen LogP) is 3.06. The summed E-state index contributed by atoms with van der Waals surface area (Å²) in [7, 11) is 0. The summed E-state index contributed by atoms with van der Waals surface area (Å²) in [5.41, 5.74) is 3.19. The predicted molar refractivity (Wildman–Crippen MR) is 117 cm³/mol. The van der Waals surface area contributed by atoms with Gasteiger partial charge in [-0.1, -0.05) is 19.1 Å². The second-order valence-electron chi connectivity index (χ2n) is 6.75. The van der Waals surface area contributed by atoms with Gasteiger partial charge in [0.05, 0.1) is 24.3 Å². The average molecular weight is 488 g/mol. The van der Waals surface area contributed by atoms with E-state index < -0.39 is 29.7 Å². The van der Waals surface area contributed by atoms with Crippen LogP contribution in [-0.2, 0) is 14.4 Å². The molecule has 1 heterocycles. The van der Waals surface area contributed by atoms with Gasteiger partial charge in [0, 0.05) is 10.9 Å². The molecule has 0 radical (unpaired) electrons. The largest absolute Gasteiger partial charge is 0.494 e. The molecule has 1 atom stereocenters. The third-order valence-corrected chi connectivity index (χ3v) is 5.44. The summed E-state index contributed by atoms with van der Waals surface area (Å²) in [5.74, 6) is -1.45. The van der Waals surface area contributed by atoms with E-state index in [-0.39, 0.29) is 12.8 Å². The van der Waals surface area contributed by atoms with Crippen molar-refractivity contribution in [1.82, 2.24) is 10.4 Å². The Morgan fingerprint density at radius 2 is 1.81 bits per heavy atom. The van der Waals surface area contributed by atoms with Crippen LogP contribution in [0.3, 0.4) is 0 Å². The van der Waals surface area contributed by atoms with Crippen molar-refractivity contribution in [3.8, 4) is 5.75 Å². The lowest BCUT2D eigenvalue weighted by Gasteiger charge is -2.27. The van der Waals surface area contributed by atoms with Crippen LogP contribution < -0.4 is 15.1 Å². The number of nitrogens with zero attached hydrogens (tertiary/aromatic N) is 2. The molecule has 3 rings (SSSR count). The normalized spacial score (nSPS) is 15.7. The number of imide groups is 1. The van der Waals surface area contributed by atoms with Crippen LogP contribution in [0.5, 0.6) is 5.75 Å². The Morgan fingerprint density at radius 1 is 1.13 bits per heavy atom. The molecule has 31 heavy (non-hydrogen) atoms. The number of rotatable bonds is 6. The van der Waals surface area contributed by atoms with E-state index in [1.807, 2.05) is 6.92 Å². The Kier molecular flexibility index (Phi) is 7.06. The fourth-order valence-corrected chi connectivity index (χ4v) is 3.71. The van der Waals surface area contributed by atoms with Crippen molar-refractivity contribution < 1.29 is 23.9 Å². The second-order valence-corrected chi connectivity index (χ2v) is 7.61. The number of hydrazine groups is 1. The molecular weight excluding hydrogens is 466 g/mol. The number of carbonyl (C=O) groups is 4. The highest BCUT2D eigenvalue weighted by Gasteiger charge is 2.45. The van der Waals surface area contributed by atoms with Crippen LogP contribution in [0, 0.1) is 0 Å². The molecule has 0 aromatic heterocycles. The van der Waals surface area contributed by atoms with Crippen molar-refractivity contribution in [2.24, 2.45) is 0 Å². The lowest BCUT2D eigenvalue weighted by Crippen LogP contribution is -2.54. The van der Waals surface area contributed by atoms with Gasteiger partial charge in [0.15, 0.2) is 0 Å². The Balaban J connectivity index is 1.84. The van der Waals surface area contributed by atoms with Gasteiger partial charge in [-0.2, -0.15) is 0 Å². The first-order chi connectivity index (χ1) is 14.9. The lowest BCUT2D eigenvalue weighted by molar-refractivity contribution is -0.140. The van der Waals surface area contributed by atoms with Gasteiger partial charge < -0.3 is 4.74 Å². The number of nitrogens with one attached hydrogen (secondary N) is 1. The van der Waals surface area contributed by atoms with Gasteiger partial charge in [-0.15, -0.1) is 0 Å². The molecule has 1 unspecified atom stereocenters. The molecule has 162 valence electrons. The Morgan fingerprint density at radius 3 is 2.42 bits per heavy atom. The maximum absolute atomic E-state index is 13.1. The highest BCUT2D eigenvalue weighted by molar-refractivity contribution is 9.10. The van der Waals surface area contributed by atoms with E-state index in [0.29, 0.717) is 28.1 Å². The summed E-state index contributed by atoms with van der Waals surface area (Å²) < 4.78 is 5.93. The van der Waals surface area contributed by atoms with Gasteiger partial charge in [-0.05, 0) is 59.3 Å². The zero-order chi connectivity index (χ0) is 22.5. The molecule has 4 amide bonds. The monoisotopic (exact) mass is 487 g/mol. The van der Waals surface area contributed by atoms with Gasteiger partial charge in [-0.25, -0.2) is 9.91 Å². The average Bonchev–Trinajstić information content (AvgIpc) is 3.06. The van der Waals surface area contributed by atoms with E-state index in [0.717, 1.165) is 9.91 Å². The summed E-state index contributed by atoms with van der Waals surface area (Å²) in [4.78, 5) is 52.1. The molecule has 1 aliphatic rings. The molecule has 2 aromatic carbocycles. The fourth-order valence-electron chi connectivity index (χ4n) is 3.25. The summed E-state index contributed by atoms with van der Waals surface area (Å²) in [6, 6.07) is 12.1. The quantitative estimate of drug-likeness (QED) is 0.498. The van der Waals surface area contributed by atoms with E-state index in [2.05, 4.69) is 21.4 Å². The maximum Gasteiger partial charge on any atom is 0.271 e. The third kappa shape index (κ3) is 4.77. The summed E-state index contributed by atoms with van der Waals surface area (Å²) >= 11 is 3.30. The first kappa shape index (κ1) is 22.5. The van der Waals surface area contributed by atoms with Crippen LogP contribution in [-0.4, -0.2) is 41.3 Å². The van der Waals surface area contributed by atoms with Gasteiger partial charge in [0.1, 0.15) is 11.8 Å². The minimum absolute atomic E-state index is 0.0528. The molecule has 1 saturated heterocycles. The highest BCUT2D eigenvalue weighted by Crippen LogP contribution is 2.27. The smallest absolute Gasteiger partial charge is 0.271 e. The third-order valence-electron chi connectivity index (χ3n) is 4.75. The minimum Gasteiger partial charge on any atom is -0.494 e. The Hall–Kier alpha value is -3.20. The number of benzene rings is 2. The molecule has 8 nitrogen and oxygen atoms in total. The number of amides is 4. The van der Waals surface area contributed by atoms with Crippen molar-refractivity contribution in [3.05, 3.63) is 58.6 Å². The molecule has 0 spiro atoms. The van der Waals surface area contributed by atoms with E-state index in [1.165, 1.54) is 0 Å². The van der Waals surface area contributed by atoms with Crippen LogP contribution >= 0.6 is 15.9 Å². The zero-order valence-electron chi connectivity index (χ0n) is 17.1. The first-order valence-electron chi connectivity index (χ1n) is 9.84. The van der Waals surface area contributed by atoms with Crippen molar-refractivity contribution >= 4 is 45.2 Å². The molecule has 1 fully saturated rings. The zero-order valence-corrected chi connectivity index (χ0v) is 18.7. The first-order valence-corrected chi connectivity index (χ1v) is 10.6. The Bertz CT molecular complexity index is 1010. The second kappa shape index (κ2) is 9.74. The minimum atomic E-state index is -1.13. The molecule has 2 aromatic rings. The number of ether oxygens (including phenoxy) is 1. The van der Waals surface area contributed by atoms with Crippen LogP contribution in [0.1, 0.15) is 37.0 Å². The van der Waals surface area contributed by atoms with Crippen LogP contribution in [0.2, 0.25) is 0 Å². The SMILES string of the molecule is CCOc1ccc(N2C(=O)CC(N(NC(=O)c3ccccc3Br)C(=O)CC)C2=O)cc1. The summed E-state index contributed by atoms with van der Waals surface area (Å²) in [6.07, 6.45) is -0.175. The van der Waals surface area contributed by atoms with Crippen molar-refractivity contribution in [3.63, 3.8) is 0 Å². The number of hydrogen-bond acceptors (Lipinski definition) is 5. The van der Waals surface area contributed by atoms with Crippen molar-refractivity contribution in [2.75, 3.05) is 11.5 Å². The summed E-state index contributed by atoms with van der Waals surface area (Å²) in [5, 5.41) is 0.969. The molecule has 0 saturated carbocycles. The number of hydrogen-bond donors (Lipinski definition) is 1. The van der Waals surface area contributed by atoms with Gasteiger partial charge in [0.25, 0.3) is 11.8 Å². The molecular formula is C22H22BrN3O5. The summed E-state index contributed by atoms with van der Waals surface area (Å²) in [6.45, 7) is 3.97. The van der Waals surface area contributed by atoms with Crippen molar-refractivity contribution in [1.29, 1.82) is 0 Å². The molecule has 0 bridgehead atoms. The van der Waals surface area contributed by atoms with Crippen LogP contribution in [0.25, 0.3) is 0 Å². The van der Waals surface area contributed by atoms with Crippen molar-refractivity contribution in [2.45, 2.75) is 32.7 Å². The van der Waals surface area contributed by atoms with E-state index in [4.69, 9.17) is 4.74 Å². The fraction of sp³-hybridized carbons (Fsp3) is 0.273. The van der Waals surface area contributed by atoms with Gasteiger partial charge >= 0.3 is 0 Å². The van der Waals surface area contributed by atoms with Gasteiger partial charge in [0.2, 0.25) is 11.8 Å². The molecule has 9 heteroatoms. The van der Waals surface area contributed by atoms with E-state index in [9.17, 15) is 19.2 Å². The van der Waals surface area contributed by atoms with E-state index in [1.54, 1.807) is 55.5 Å². The molecule has 1 aliphatic heterocycles.